The first-order valence-corrected chi connectivity index (χ1v) is 6.72. The zero-order chi connectivity index (χ0) is 16.6. The van der Waals surface area contributed by atoms with Gasteiger partial charge in [-0.1, -0.05) is 6.07 Å². The molecule has 0 aliphatic rings. The van der Waals surface area contributed by atoms with Crippen molar-refractivity contribution >= 4 is 17.0 Å². The number of nitrogens with zero attached hydrogens (tertiary/aromatic N) is 1. The van der Waals surface area contributed by atoms with Crippen LogP contribution in [0.5, 0.6) is 5.75 Å². The average molecular weight is 318 g/mol. The van der Waals surface area contributed by atoms with Crippen molar-refractivity contribution in [1.29, 1.82) is 0 Å². The van der Waals surface area contributed by atoms with Gasteiger partial charge in [-0.3, -0.25) is 4.79 Å². The maximum absolute atomic E-state index is 14.0. The SMILES string of the molecule is Cc1ccc2nc(COc3ccc(F)c(C(N)=O)c3F)oc2c1. The van der Waals surface area contributed by atoms with Crippen LogP contribution in [-0.4, -0.2) is 10.9 Å². The highest BCUT2D eigenvalue weighted by atomic mass is 19.1. The van der Waals surface area contributed by atoms with Crippen LogP contribution >= 0.6 is 0 Å². The molecule has 0 atom stereocenters. The van der Waals surface area contributed by atoms with E-state index in [9.17, 15) is 13.6 Å². The molecule has 118 valence electrons. The first-order chi connectivity index (χ1) is 11.0. The number of hydrogen-bond acceptors (Lipinski definition) is 4. The molecule has 0 fully saturated rings. The average Bonchev–Trinajstić information content (AvgIpc) is 2.88. The summed E-state index contributed by atoms with van der Waals surface area (Å²) in [6, 6.07) is 7.48. The summed E-state index contributed by atoms with van der Waals surface area (Å²) in [5, 5.41) is 0. The van der Waals surface area contributed by atoms with Gasteiger partial charge in [0.1, 0.15) is 16.9 Å². The fourth-order valence-corrected chi connectivity index (χ4v) is 2.15. The van der Waals surface area contributed by atoms with Crippen molar-refractivity contribution in [2.75, 3.05) is 0 Å². The molecular formula is C16H12F2N2O3. The van der Waals surface area contributed by atoms with E-state index in [1.165, 1.54) is 0 Å². The van der Waals surface area contributed by atoms with E-state index in [1.54, 1.807) is 6.07 Å². The van der Waals surface area contributed by atoms with Crippen LogP contribution in [0.1, 0.15) is 21.8 Å². The molecular weight excluding hydrogens is 306 g/mol. The lowest BCUT2D eigenvalue weighted by Crippen LogP contribution is -2.16. The summed E-state index contributed by atoms with van der Waals surface area (Å²) in [6.07, 6.45) is 0. The van der Waals surface area contributed by atoms with E-state index in [4.69, 9.17) is 14.9 Å². The molecule has 2 N–H and O–H groups in total. The van der Waals surface area contributed by atoms with Crippen LogP contribution in [0, 0.1) is 18.6 Å². The first kappa shape index (κ1) is 15.0. The Labute approximate surface area is 129 Å². The molecule has 1 aromatic heterocycles. The molecule has 0 aliphatic heterocycles. The van der Waals surface area contributed by atoms with Crippen molar-refractivity contribution in [3.8, 4) is 5.75 Å². The number of carbonyl (C=O) groups excluding carboxylic acids is 1. The monoisotopic (exact) mass is 318 g/mol. The Balaban J connectivity index is 1.85. The van der Waals surface area contributed by atoms with E-state index in [-0.39, 0.29) is 18.2 Å². The van der Waals surface area contributed by atoms with Crippen molar-refractivity contribution in [1.82, 2.24) is 4.98 Å². The molecule has 3 rings (SSSR count). The predicted octanol–water partition coefficient (Wildman–Crippen LogP) is 3.09. The third-order valence-corrected chi connectivity index (χ3v) is 3.24. The van der Waals surface area contributed by atoms with Crippen molar-refractivity contribution in [3.05, 3.63) is 59.0 Å². The van der Waals surface area contributed by atoms with E-state index in [0.29, 0.717) is 11.1 Å². The normalized spacial score (nSPS) is 10.9. The van der Waals surface area contributed by atoms with E-state index in [0.717, 1.165) is 17.7 Å². The molecule has 1 heterocycles. The number of ether oxygens (including phenoxy) is 1. The van der Waals surface area contributed by atoms with E-state index < -0.39 is 23.1 Å². The number of hydrogen-bond donors (Lipinski definition) is 1. The molecule has 0 spiro atoms. The highest BCUT2D eigenvalue weighted by Gasteiger charge is 2.19. The van der Waals surface area contributed by atoms with Crippen LogP contribution in [0.15, 0.2) is 34.7 Å². The van der Waals surface area contributed by atoms with Crippen LogP contribution < -0.4 is 10.5 Å². The number of halogens is 2. The van der Waals surface area contributed by atoms with Crippen LogP contribution in [0.25, 0.3) is 11.1 Å². The number of aromatic nitrogens is 1. The minimum atomic E-state index is -1.21. The third kappa shape index (κ3) is 2.85. The zero-order valence-corrected chi connectivity index (χ0v) is 12.1. The lowest BCUT2D eigenvalue weighted by atomic mass is 10.1. The molecule has 0 unspecified atom stereocenters. The summed E-state index contributed by atoms with van der Waals surface area (Å²) in [7, 11) is 0. The van der Waals surface area contributed by atoms with Gasteiger partial charge in [0.2, 0.25) is 5.89 Å². The molecule has 5 nitrogen and oxygen atoms in total. The Morgan fingerprint density at radius 3 is 2.83 bits per heavy atom. The molecule has 0 bridgehead atoms. The topological polar surface area (TPSA) is 78.4 Å². The van der Waals surface area contributed by atoms with Gasteiger partial charge < -0.3 is 14.9 Å². The highest BCUT2D eigenvalue weighted by Crippen LogP contribution is 2.24. The Morgan fingerprint density at radius 2 is 2.09 bits per heavy atom. The zero-order valence-electron chi connectivity index (χ0n) is 12.1. The van der Waals surface area contributed by atoms with Crippen LogP contribution in [0.4, 0.5) is 8.78 Å². The summed E-state index contributed by atoms with van der Waals surface area (Å²) >= 11 is 0. The van der Waals surface area contributed by atoms with Gasteiger partial charge in [-0.05, 0) is 36.8 Å². The summed E-state index contributed by atoms with van der Waals surface area (Å²) in [6.45, 7) is 1.74. The number of primary amides is 1. The lowest BCUT2D eigenvalue weighted by Gasteiger charge is -2.07. The molecule has 0 saturated heterocycles. The largest absolute Gasteiger partial charge is 0.481 e. The third-order valence-electron chi connectivity index (χ3n) is 3.24. The van der Waals surface area contributed by atoms with E-state index in [1.807, 2.05) is 19.1 Å². The fourth-order valence-electron chi connectivity index (χ4n) is 2.15. The minimum Gasteiger partial charge on any atom is -0.481 e. The second-order valence-corrected chi connectivity index (χ2v) is 4.97. The maximum Gasteiger partial charge on any atom is 0.254 e. The van der Waals surface area contributed by atoms with E-state index >= 15 is 0 Å². The second kappa shape index (κ2) is 5.68. The van der Waals surface area contributed by atoms with Crippen molar-refractivity contribution in [2.45, 2.75) is 13.5 Å². The quantitative estimate of drug-likeness (QED) is 0.802. The van der Waals surface area contributed by atoms with Crippen LogP contribution in [0.3, 0.4) is 0 Å². The molecule has 1 amide bonds. The second-order valence-electron chi connectivity index (χ2n) is 4.97. The van der Waals surface area contributed by atoms with Gasteiger partial charge in [0.25, 0.3) is 5.91 Å². The van der Waals surface area contributed by atoms with Crippen molar-refractivity contribution < 1.29 is 22.7 Å². The number of nitrogens with two attached hydrogens (primary N) is 1. The van der Waals surface area contributed by atoms with Gasteiger partial charge in [-0.15, -0.1) is 0 Å². The number of aryl methyl sites for hydroxylation is 1. The maximum atomic E-state index is 14.0. The summed E-state index contributed by atoms with van der Waals surface area (Å²) in [4.78, 5) is 15.3. The highest BCUT2D eigenvalue weighted by molar-refractivity contribution is 5.93. The summed E-state index contributed by atoms with van der Waals surface area (Å²) < 4.78 is 38.1. The minimum absolute atomic E-state index is 0.172. The van der Waals surface area contributed by atoms with Crippen molar-refractivity contribution in [2.24, 2.45) is 5.73 Å². The fraction of sp³-hybridized carbons (Fsp3) is 0.125. The number of amides is 1. The summed E-state index contributed by atoms with van der Waals surface area (Å²) in [5.74, 6) is -3.47. The molecule has 0 saturated carbocycles. The smallest absolute Gasteiger partial charge is 0.254 e. The number of benzene rings is 2. The van der Waals surface area contributed by atoms with Gasteiger partial charge in [0.15, 0.2) is 23.8 Å². The Bertz CT molecular complexity index is 906. The molecule has 23 heavy (non-hydrogen) atoms. The number of oxazole rings is 1. The number of fused-ring (bicyclic) bond motifs is 1. The van der Waals surface area contributed by atoms with Crippen LogP contribution in [0.2, 0.25) is 0 Å². The number of rotatable bonds is 4. The number of carbonyl (C=O) groups is 1. The first-order valence-electron chi connectivity index (χ1n) is 6.72. The lowest BCUT2D eigenvalue weighted by molar-refractivity contribution is 0.0991. The predicted molar refractivity (Wildman–Crippen MR) is 78.0 cm³/mol. The van der Waals surface area contributed by atoms with Gasteiger partial charge in [0, 0.05) is 0 Å². The van der Waals surface area contributed by atoms with Gasteiger partial charge in [-0.25, -0.2) is 13.8 Å². The molecule has 7 heteroatoms. The van der Waals surface area contributed by atoms with Crippen LogP contribution in [-0.2, 0) is 6.61 Å². The molecule has 0 aliphatic carbocycles. The Hall–Kier alpha value is -2.96. The van der Waals surface area contributed by atoms with Gasteiger partial charge >= 0.3 is 0 Å². The standard InChI is InChI=1S/C16H12F2N2O3/c1-8-2-4-10-12(6-8)23-13(20-10)7-22-11-5-3-9(17)14(15(11)18)16(19)21/h2-6H,7H2,1H3,(H2,19,21). The Kier molecular flexibility index (Phi) is 3.69. The van der Waals surface area contributed by atoms with Gasteiger partial charge in [0.05, 0.1) is 0 Å². The van der Waals surface area contributed by atoms with Crippen molar-refractivity contribution in [3.63, 3.8) is 0 Å². The molecule has 3 aromatic rings. The molecule has 0 radical (unpaired) electrons. The summed E-state index contributed by atoms with van der Waals surface area (Å²) in [5.41, 5.74) is 6.35. The molecule has 2 aromatic carbocycles. The van der Waals surface area contributed by atoms with E-state index in [2.05, 4.69) is 4.98 Å². The van der Waals surface area contributed by atoms with Gasteiger partial charge in [-0.2, -0.15) is 0 Å². The Morgan fingerprint density at radius 1 is 1.30 bits per heavy atom.